The van der Waals surface area contributed by atoms with Crippen LogP contribution in [-0.2, 0) is 13.2 Å². The summed E-state index contributed by atoms with van der Waals surface area (Å²) in [4.78, 5) is 29.4. The van der Waals surface area contributed by atoms with E-state index in [-0.39, 0.29) is 17.1 Å². The molecule has 194 valence electrons. The first-order valence-electron chi connectivity index (χ1n) is 12.8. The summed E-state index contributed by atoms with van der Waals surface area (Å²) in [5.41, 5.74) is 4.25. The molecule has 1 atom stereocenters. The summed E-state index contributed by atoms with van der Waals surface area (Å²) in [6.07, 6.45) is 0. The van der Waals surface area contributed by atoms with Crippen molar-refractivity contribution in [2.24, 2.45) is 0 Å². The van der Waals surface area contributed by atoms with Crippen molar-refractivity contribution < 1.29 is 18.7 Å². The molecular weight excluding hydrogens is 490 g/mol. The maximum atomic E-state index is 13.9. The molecule has 6 nitrogen and oxygen atoms in total. The van der Waals surface area contributed by atoms with Crippen LogP contribution < -0.4 is 14.9 Å². The number of hydrogen-bond donors (Lipinski definition) is 0. The van der Waals surface area contributed by atoms with E-state index in [9.17, 15) is 9.59 Å². The van der Waals surface area contributed by atoms with E-state index in [2.05, 4.69) is 0 Å². The maximum absolute atomic E-state index is 13.9. The summed E-state index contributed by atoms with van der Waals surface area (Å²) >= 11 is 0. The number of aryl methyl sites for hydroxylation is 1. The topological polar surface area (TPSA) is 69.0 Å². The molecule has 6 rings (SSSR count). The summed E-state index contributed by atoms with van der Waals surface area (Å²) in [6.45, 7) is 2.63. The van der Waals surface area contributed by atoms with Crippen molar-refractivity contribution in [3.8, 4) is 11.5 Å². The third-order valence-corrected chi connectivity index (χ3v) is 7.06. The third-order valence-electron chi connectivity index (χ3n) is 7.06. The Kier molecular flexibility index (Phi) is 6.37. The molecule has 0 saturated carbocycles. The van der Waals surface area contributed by atoms with Gasteiger partial charge in [0.2, 0.25) is 5.76 Å². The first-order chi connectivity index (χ1) is 19.0. The van der Waals surface area contributed by atoms with Crippen molar-refractivity contribution in [3.05, 3.63) is 141 Å². The molecule has 1 unspecified atom stereocenters. The highest BCUT2D eigenvalue weighted by molar-refractivity contribution is 5.99. The van der Waals surface area contributed by atoms with E-state index in [4.69, 9.17) is 13.9 Å². The second-order valence-electron chi connectivity index (χ2n) is 9.70. The van der Waals surface area contributed by atoms with Crippen LogP contribution in [0, 0.1) is 6.92 Å². The molecule has 0 spiro atoms. The SMILES string of the molecule is COc1ccc(CN2C(=O)c3oc4ccc(C)cc4c(=O)c3C2c2cccc(OCc3ccccc3)c2)cc1. The fourth-order valence-corrected chi connectivity index (χ4v) is 5.09. The second-order valence-corrected chi connectivity index (χ2v) is 9.70. The minimum atomic E-state index is -0.629. The lowest BCUT2D eigenvalue weighted by Crippen LogP contribution is -2.29. The summed E-state index contributed by atoms with van der Waals surface area (Å²) in [5, 5.41) is 0.467. The van der Waals surface area contributed by atoms with Crippen LogP contribution in [0.5, 0.6) is 11.5 Å². The highest BCUT2D eigenvalue weighted by atomic mass is 16.5. The second kappa shape index (κ2) is 10.1. The number of methoxy groups -OCH3 is 1. The van der Waals surface area contributed by atoms with Crippen LogP contribution in [0.2, 0.25) is 0 Å². The van der Waals surface area contributed by atoms with E-state index in [1.54, 1.807) is 18.1 Å². The number of nitrogens with zero attached hydrogens (tertiary/aromatic N) is 1. The van der Waals surface area contributed by atoms with Gasteiger partial charge in [0.05, 0.1) is 24.1 Å². The van der Waals surface area contributed by atoms with Gasteiger partial charge in [0.25, 0.3) is 5.91 Å². The normalized spacial score (nSPS) is 14.5. The van der Waals surface area contributed by atoms with Crippen molar-refractivity contribution in [3.63, 3.8) is 0 Å². The smallest absolute Gasteiger partial charge is 0.291 e. The zero-order chi connectivity index (χ0) is 26.9. The molecule has 0 saturated heterocycles. The van der Waals surface area contributed by atoms with E-state index in [1.807, 2.05) is 97.9 Å². The minimum absolute atomic E-state index is 0.0884. The van der Waals surface area contributed by atoms with Crippen LogP contribution in [0.25, 0.3) is 11.0 Å². The van der Waals surface area contributed by atoms with E-state index < -0.39 is 6.04 Å². The van der Waals surface area contributed by atoms with Crippen molar-refractivity contribution in [1.82, 2.24) is 4.90 Å². The molecule has 5 aromatic rings. The molecule has 0 bridgehead atoms. The van der Waals surface area contributed by atoms with E-state index in [0.717, 1.165) is 28.0 Å². The van der Waals surface area contributed by atoms with Crippen LogP contribution >= 0.6 is 0 Å². The Hall–Kier alpha value is -4.84. The Morgan fingerprint density at radius 3 is 2.38 bits per heavy atom. The largest absolute Gasteiger partial charge is 0.497 e. The van der Waals surface area contributed by atoms with Crippen molar-refractivity contribution >= 4 is 16.9 Å². The Labute approximate surface area is 226 Å². The van der Waals surface area contributed by atoms with Crippen molar-refractivity contribution in [1.29, 1.82) is 0 Å². The summed E-state index contributed by atoms with van der Waals surface area (Å²) < 4.78 is 17.5. The Bertz CT molecular complexity index is 1720. The lowest BCUT2D eigenvalue weighted by molar-refractivity contribution is 0.0714. The predicted octanol–water partition coefficient (Wildman–Crippen LogP) is 6.43. The number of fused-ring (bicyclic) bond motifs is 2. The standard InChI is InChI=1S/C33H27NO5/c1-21-11-16-28-27(17-21)31(35)29-30(24-9-6-10-26(18-24)38-20-23-7-4-3-5-8-23)34(33(36)32(29)39-28)19-22-12-14-25(37-2)15-13-22/h3-18,30H,19-20H2,1-2H3. The number of amides is 1. The monoisotopic (exact) mass is 517 g/mol. The van der Waals surface area contributed by atoms with Gasteiger partial charge in [0.15, 0.2) is 5.43 Å². The molecule has 1 aromatic heterocycles. The van der Waals surface area contributed by atoms with Crippen molar-refractivity contribution in [2.45, 2.75) is 26.1 Å². The molecule has 0 N–H and O–H groups in total. The molecule has 0 fully saturated rings. The van der Waals surface area contributed by atoms with Crippen LogP contribution in [-0.4, -0.2) is 17.9 Å². The maximum Gasteiger partial charge on any atom is 0.291 e. The molecular formula is C33H27NO5. The molecule has 2 heterocycles. The number of ether oxygens (including phenoxy) is 2. The first kappa shape index (κ1) is 24.5. The lowest BCUT2D eigenvalue weighted by Gasteiger charge is -2.25. The van der Waals surface area contributed by atoms with Crippen LogP contribution in [0.15, 0.2) is 106 Å². The molecule has 1 aliphatic heterocycles. The molecule has 4 aromatic carbocycles. The van der Waals surface area contributed by atoms with Crippen molar-refractivity contribution in [2.75, 3.05) is 7.11 Å². The number of rotatable bonds is 7. The zero-order valence-corrected chi connectivity index (χ0v) is 21.7. The average molecular weight is 518 g/mol. The molecule has 1 amide bonds. The van der Waals surface area contributed by atoms with Gasteiger partial charge in [-0.2, -0.15) is 0 Å². The van der Waals surface area contributed by atoms with Gasteiger partial charge in [-0.1, -0.05) is 66.2 Å². The third kappa shape index (κ3) is 4.66. The summed E-state index contributed by atoms with van der Waals surface area (Å²) in [7, 11) is 1.61. The van der Waals surface area contributed by atoms with Gasteiger partial charge < -0.3 is 18.8 Å². The first-order valence-corrected chi connectivity index (χ1v) is 12.8. The van der Waals surface area contributed by atoms with E-state index in [0.29, 0.717) is 35.4 Å². The summed E-state index contributed by atoms with van der Waals surface area (Å²) in [5.74, 6) is 1.15. The zero-order valence-electron chi connectivity index (χ0n) is 21.7. The van der Waals surface area contributed by atoms with Crippen LogP contribution in [0.1, 0.15) is 44.4 Å². The van der Waals surface area contributed by atoms with Gasteiger partial charge in [-0.15, -0.1) is 0 Å². The molecule has 1 aliphatic rings. The predicted molar refractivity (Wildman–Crippen MR) is 149 cm³/mol. The molecule has 0 aliphatic carbocycles. The molecule has 6 heteroatoms. The molecule has 0 radical (unpaired) electrons. The minimum Gasteiger partial charge on any atom is -0.497 e. The summed E-state index contributed by atoms with van der Waals surface area (Å²) in [6, 6.07) is 29.9. The van der Waals surface area contributed by atoms with Crippen LogP contribution in [0.3, 0.4) is 0 Å². The Morgan fingerprint density at radius 2 is 1.62 bits per heavy atom. The number of carbonyl (C=O) groups excluding carboxylic acids is 1. The van der Waals surface area contributed by atoms with E-state index >= 15 is 0 Å². The van der Waals surface area contributed by atoms with Gasteiger partial charge in [-0.05, 0) is 60.0 Å². The number of hydrogen-bond acceptors (Lipinski definition) is 5. The van der Waals surface area contributed by atoms with Gasteiger partial charge in [0, 0.05) is 6.54 Å². The number of benzene rings is 4. The van der Waals surface area contributed by atoms with Gasteiger partial charge in [-0.25, -0.2) is 0 Å². The highest BCUT2D eigenvalue weighted by Gasteiger charge is 2.42. The Morgan fingerprint density at radius 1 is 0.821 bits per heavy atom. The van der Waals surface area contributed by atoms with Gasteiger partial charge >= 0.3 is 0 Å². The highest BCUT2D eigenvalue weighted by Crippen LogP contribution is 2.40. The lowest BCUT2D eigenvalue weighted by atomic mass is 9.97. The van der Waals surface area contributed by atoms with E-state index in [1.165, 1.54) is 0 Å². The van der Waals surface area contributed by atoms with Gasteiger partial charge in [0.1, 0.15) is 23.7 Å². The Balaban J connectivity index is 1.44. The fourth-order valence-electron chi connectivity index (χ4n) is 5.09. The fraction of sp³-hybridized carbons (Fsp3) is 0.152. The average Bonchev–Trinajstić information content (AvgIpc) is 3.24. The quantitative estimate of drug-likeness (QED) is 0.249. The molecule has 39 heavy (non-hydrogen) atoms. The number of carbonyl (C=O) groups is 1. The van der Waals surface area contributed by atoms with Crippen LogP contribution in [0.4, 0.5) is 0 Å². The van der Waals surface area contributed by atoms with Gasteiger partial charge in [-0.3, -0.25) is 9.59 Å².